The number of hydrogen-bond donors (Lipinski definition) is 2. The Bertz CT molecular complexity index is 551. The third-order valence-electron chi connectivity index (χ3n) is 2.71. The van der Waals surface area contributed by atoms with Crippen LogP contribution in [0.5, 0.6) is 0 Å². The van der Waals surface area contributed by atoms with E-state index in [1.54, 1.807) is 14.1 Å². The molecule has 1 rings (SSSR count). The largest absolute Gasteiger partial charge is 0.345 e. The van der Waals surface area contributed by atoms with Gasteiger partial charge in [0.2, 0.25) is 10.0 Å². The summed E-state index contributed by atoms with van der Waals surface area (Å²) < 4.78 is 26.4. The van der Waals surface area contributed by atoms with Crippen LogP contribution in [0.2, 0.25) is 0 Å². The first-order valence-electron chi connectivity index (χ1n) is 6.31. The third-order valence-corrected chi connectivity index (χ3v) is 4.19. The Morgan fingerprint density at radius 1 is 1.30 bits per heavy atom. The first-order valence-corrected chi connectivity index (χ1v) is 7.79. The van der Waals surface area contributed by atoms with Gasteiger partial charge in [0.15, 0.2) is 0 Å². The zero-order valence-electron chi connectivity index (χ0n) is 12.0. The van der Waals surface area contributed by atoms with E-state index in [9.17, 15) is 13.2 Å². The topological polar surface area (TPSA) is 92.5 Å². The van der Waals surface area contributed by atoms with Crippen molar-refractivity contribution in [1.82, 2.24) is 9.62 Å². The molecule has 1 atom stereocenters. The van der Waals surface area contributed by atoms with Crippen molar-refractivity contribution in [2.75, 3.05) is 20.6 Å². The summed E-state index contributed by atoms with van der Waals surface area (Å²) in [6.07, 6.45) is 0.566. The van der Waals surface area contributed by atoms with Crippen molar-refractivity contribution >= 4 is 15.9 Å². The molecular formula is C13H21N3O3S. The second-order valence-electron chi connectivity index (χ2n) is 4.89. The van der Waals surface area contributed by atoms with Crippen LogP contribution in [0.3, 0.4) is 0 Å². The summed E-state index contributed by atoms with van der Waals surface area (Å²) in [5, 5.41) is 0. The maximum Gasteiger partial charge on any atom is 0.253 e. The summed E-state index contributed by atoms with van der Waals surface area (Å²) in [4.78, 5) is 13.3. The minimum atomic E-state index is -3.55. The Hall–Kier alpha value is -1.44. The molecule has 0 aromatic heterocycles. The van der Waals surface area contributed by atoms with Crippen molar-refractivity contribution in [3.63, 3.8) is 0 Å². The van der Waals surface area contributed by atoms with Crippen LogP contribution >= 0.6 is 0 Å². The average Bonchev–Trinajstić information content (AvgIpc) is 2.37. The molecule has 0 saturated heterocycles. The molecule has 0 fully saturated rings. The highest BCUT2D eigenvalue weighted by atomic mass is 32.2. The van der Waals surface area contributed by atoms with Crippen molar-refractivity contribution in [2.45, 2.75) is 24.3 Å². The zero-order valence-corrected chi connectivity index (χ0v) is 12.8. The predicted molar refractivity (Wildman–Crippen MR) is 77.9 cm³/mol. The van der Waals surface area contributed by atoms with Gasteiger partial charge in [0.1, 0.15) is 0 Å². The molecule has 0 bridgehead atoms. The van der Waals surface area contributed by atoms with Gasteiger partial charge in [-0.1, -0.05) is 0 Å². The number of benzene rings is 1. The Balaban J connectivity index is 2.79. The van der Waals surface area contributed by atoms with E-state index < -0.39 is 10.0 Å². The molecule has 0 heterocycles. The van der Waals surface area contributed by atoms with E-state index in [-0.39, 0.29) is 16.8 Å². The molecule has 0 aliphatic carbocycles. The molecule has 112 valence electrons. The van der Waals surface area contributed by atoms with Gasteiger partial charge in [-0.3, -0.25) is 4.79 Å². The molecule has 7 heteroatoms. The number of carbonyl (C=O) groups excluding carboxylic acids is 1. The van der Waals surface area contributed by atoms with Crippen molar-refractivity contribution in [2.24, 2.45) is 5.73 Å². The lowest BCUT2D eigenvalue weighted by atomic mass is 10.2. The van der Waals surface area contributed by atoms with Gasteiger partial charge in [0.05, 0.1) is 4.90 Å². The second-order valence-corrected chi connectivity index (χ2v) is 6.65. The van der Waals surface area contributed by atoms with Gasteiger partial charge in [-0.15, -0.1) is 0 Å². The van der Waals surface area contributed by atoms with Gasteiger partial charge in [-0.2, -0.15) is 0 Å². The van der Waals surface area contributed by atoms with Crippen LogP contribution in [0, 0.1) is 0 Å². The van der Waals surface area contributed by atoms with Gasteiger partial charge in [0, 0.05) is 32.2 Å². The predicted octanol–water partition coefficient (Wildman–Crippen LogP) is 0.404. The van der Waals surface area contributed by atoms with Gasteiger partial charge in [-0.25, -0.2) is 13.1 Å². The highest BCUT2D eigenvalue weighted by Crippen LogP contribution is 2.11. The van der Waals surface area contributed by atoms with Crippen LogP contribution < -0.4 is 10.5 Å². The lowest BCUT2D eigenvalue weighted by Crippen LogP contribution is -2.29. The maximum atomic E-state index is 12.0. The highest BCUT2D eigenvalue weighted by Gasteiger charge is 2.15. The van der Waals surface area contributed by atoms with Gasteiger partial charge in [-0.05, 0) is 37.6 Å². The third kappa shape index (κ3) is 4.59. The van der Waals surface area contributed by atoms with Crippen molar-refractivity contribution in [3.8, 4) is 0 Å². The molecule has 0 spiro atoms. The lowest BCUT2D eigenvalue weighted by Gasteiger charge is -2.11. The van der Waals surface area contributed by atoms with Crippen LogP contribution in [0.4, 0.5) is 0 Å². The van der Waals surface area contributed by atoms with Crippen molar-refractivity contribution in [1.29, 1.82) is 0 Å². The minimum absolute atomic E-state index is 0.0576. The molecule has 1 unspecified atom stereocenters. The molecule has 1 aromatic rings. The Labute approximate surface area is 120 Å². The van der Waals surface area contributed by atoms with Crippen LogP contribution in [0.15, 0.2) is 29.2 Å². The molecule has 6 nitrogen and oxygen atoms in total. The van der Waals surface area contributed by atoms with Crippen molar-refractivity contribution < 1.29 is 13.2 Å². The van der Waals surface area contributed by atoms with E-state index in [0.717, 1.165) is 0 Å². The van der Waals surface area contributed by atoms with Crippen LogP contribution in [-0.4, -0.2) is 45.9 Å². The maximum absolute atomic E-state index is 12.0. The summed E-state index contributed by atoms with van der Waals surface area (Å²) in [7, 11) is -0.266. The summed E-state index contributed by atoms with van der Waals surface area (Å²) in [6, 6.07) is 5.79. The Morgan fingerprint density at radius 3 is 2.30 bits per heavy atom. The number of hydrogen-bond acceptors (Lipinski definition) is 4. The smallest absolute Gasteiger partial charge is 0.253 e. The number of carbonyl (C=O) groups is 1. The van der Waals surface area contributed by atoms with E-state index >= 15 is 0 Å². The van der Waals surface area contributed by atoms with Gasteiger partial charge < -0.3 is 10.6 Å². The molecule has 3 N–H and O–H groups in total. The number of nitrogens with two attached hydrogens (primary N) is 1. The normalized spacial score (nSPS) is 13.0. The van der Waals surface area contributed by atoms with Crippen LogP contribution in [-0.2, 0) is 10.0 Å². The lowest BCUT2D eigenvalue weighted by molar-refractivity contribution is 0.0827. The molecule has 0 aliphatic heterocycles. The molecular weight excluding hydrogens is 278 g/mol. The van der Waals surface area contributed by atoms with E-state index in [0.29, 0.717) is 18.5 Å². The number of nitrogens with one attached hydrogen (secondary N) is 1. The van der Waals surface area contributed by atoms with E-state index in [1.807, 2.05) is 6.92 Å². The standard InChI is InChI=1S/C13H21N3O3S/c1-10(14)8-9-15-20(18,19)12-6-4-11(5-7-12)13(17)16(2)3/h4-7,10,15H,8-9,14H2,1-3H3. The quantitative estimate of drug-likeness (QED) is 0.795. The average molecular weight is 299 g/mol. The first kappa shape index (κ1) is 16.6. The van der Waals surface area contributed by atoms with Crippen LogP contribution in [0.1, 0.15) is 23.7 Å². The van der Waals surface area contributed by atoms with E-state index in [1.165, 1.54) is 29.2 Å². The monoisotopic (exact) mass is 299 g/mol. The minimum Gasteiger partial charge on any atom is -0.345 e. The number of rotatable bonds is 6. The fourth-order valence-electron chi connectivity index (χ4n) is 1.54. The Kier molecular flexibility index (Phi) is 5.67. The molecule has 1 aromatic carbocycles. The fourth-order valence-corrected chi connectivity index (χ4v) is 2.59. The molecule has 0 saturated carbocycles. The summed E-state index contributed by atoms with van der Waals surface area (Å²) in [5.41, 5.74) is 6.01. The fraction of sp³-hybridized carbons (Fsp3) is 0.462. The van der Waals surface area contributed by atoms with Crippen LogP contribution in [0.25, 0.3) is 0 Å². The number of amides is 1. The summed E-state index contributed by atoms with van der Waals surface area (Å²) in [6.45, 7) is 2.11. The molecule has 1 amide bonds. The number of sulfonamides is 1. The second kappa shape index (κ2) is 6.83. The highest BCUT2D eigenvalue weighted by molar-refractivity contribution is 7.89. The summed E-state index contributed by atoms with van der Waals surface area (Å²) in [5.74, 6) is -0.168. The molecule has 0 aliphatic rings. The van der Waals surface area contributed by atoms with Gasteiger partial charge >= 0.3 is 0 Å². The van der Waals surface area contributed by atoms with Crippen molar-refractivity contribution in [3.05, 3.63) is 29.8 Å². The number of nitrogens with zero attached hydrogens (tertiary/aromatic N) is 1. The van der Waals surface area contributed by atoms with E-state index in [4.69, 9.17) is 5.73 Å². The molecule has 0 radical (unpaired) electrons. The SMILES string of the molecule is CC(N)CCNS(=O)(=O)c1ccc(C(=O)N(C)C)cc1. The van der Waals surface area contributed by atoms with E-state index in [2.05, 4.69) is 4.72 Å². The van der Waals surface area contributed by atoms with Gasteiger partial charge in [0.25, 0.3) is 5.91 Å². The first-order chi connectivity index (χ1) is 9.24. The zero-order chi connectivity index (χ0) is 15.3. The summed E-state index contributed by atoms with van der Waals surface area (Å²) >= 11 is 0. The Morgan fingerprint density at radius 2 is 1.85 bits per heavy atom. The molecule has 20 heavy (non-hydrogen) atoms.